The summed E-state index contributed by atoms with van der Waals surface area (Å²) in [6.45, 7) is 1.52. The van der Waals surface area contributed by atoms with Crippen LogP contribution in [0.25, 0.3) is 0 Å². The third-order valence-corrected chi connectivity index (χ3v) is 2.38. The van der Waals surface area contributed by atoms with E-state index in [-0.39, 0.29) is 0 Å². The number of fused-ring (bicyclic) bond motifs is 1. The molecule has 1 aliphatic rings. The highest BCUT2D eigenvalue weighted by atomic mass is 35.5. The lowest BCUT2D eigenvalue weighted by Gasteiger charge is -2.00. The largest absolute Gasteiger partial charge is 0.330 e. The zero-order chi connectivity index (χ0) is 7.84. The summed E-state index contributed by atoms with van der Waals surface area (Å²) >= 11 is 5.85. The van der Waals surface area contributed by atoms with E-state index in [1.165, 1.54) is 6.42 Å². The summed E-state index contributed by atoms with van der Waals surface area (Å²) in [5, 5.41) is 0.585. The highest BCUT2D eigenvalue weighted by molar-refractivity contribution is 6.30. The number of nitrogens with two attached hydrogens (primary N) is 1. The van der Waals surface area contributed by atoms with Gasteiger partial charge in [0, 0.05) is 19.5 Å². The standard InChI is InChI=1S/C7H10ClN3/c8-7-5(4-9)11-3-1-2-6(11)10-7/h1-4,9H2. The fraction of sp³-hybridized carbons (Fsp3) is 0.571. The molecule has 1 aliphatic heterocycles. The zero-order valence-electron chi connectivity index (χ0n) is 6.18. The van der Waals surface area contributed by atoms with Gasteiger partial charge < -0.3 is 10.3 Å². The van der Waals surface area contributed by atoms with Crippen molar-refractivity contribution in [1.29, 1.82) is 0 Å². The SMILES string of the molecule is NCc1c(Cl)nc2n1CCC2. The predicted octanol–water partition coefficient (Wildman–Crippen LogP) is 0.941. The molecule has 0 bridgehead atoms. The molecule has 0 atom stereocenters. The molecule has 0 aromatic carbocycles. The maximum absolute atomic E-state index is 5.85. The fourth-order valence-electron chi connectivity index (χ4n) is 1.55. The van der Waals surface area contributed by atoms with Gasteiger partial charge in [-0.3, -0.25) is 0 Å². The van der Waals surface area contributed by atoms with E-state index in [0.29, 0.717) is 11.7 Å². The molecule has 0 saturated carbocycles. The highest BCUT2D eigenvalue weighted by Crippen LogP contribution is 2.22. The molecule has 2 heterocycles. The summed E-state index contributed by atoms with van der Waals surface area (Å²) in [6, 6.07) is 0. The summed E-state index contributed by atoms with van der Waals surface area (Å²) in [6.07, 6.45) is 2.21. The minimum Gasteiger partial charge on any atom is -0.330 e. The molecule has 2 rings (SSSR count). The quantitative estimate of drug-likeness (QED) is 0.684. The minimum absolute atomic E-state index is 0.492. The molecule has 1 aromatic heterocycles. The van der Waals surface area contributed by atoms with E-state index in [2.05, 4.69) is 9.55 Å². The van der Waals surface area contributed by atoms with Gasteiger partial charge in [-0.15, -0.1) is 0 Å². The molecule has 60 valence electrons. The highest BCUT2D eigenvalue weighted by Gasteiger charge is 2.18. The number of imidazole rings is 1. The molecule has 0 saturated heterocycles. The van der Waals surface area contributed by atoms with Crippen molar-refractivity contribution in [3.8, 4) is 0 Å². The van der Waals surface area contributed by atoms with Crippen LogP contribution in [-0.4, -0.2) is 9.55 Å². The van der Waals surface area contributed by atoms with Gasteiger partial charge in [0.1, 0.15) is 5.82 Å². The second kappa shape index (κ2) is 2.50. The van der Waals surface area contributed by atoms with Crippen LogP contribution in [0, 0.1) is 0 Å². The van der Waals surface area contributed by atoms with E-state index in [1.54, 1.807) is 0 Å². The van der Waals surface area contributed by atoms with Crippen molar-refractivity contribution in [3.63, 3.8) is 0 Å². The number of halogens is 1. The summed E-state index contributed by atoms with van der Waals surface area (Å²) in [7, 11) is 0. The molecule has 0 unspecified atom stereocenters. The van der Waals surface area contributed by atoms with E-state index >= 15 is 0 Å². The lowest BCUT2D eigenvalue weighted by atomic mass is 10.4. The second-order valence-corrected chi connectivity index (χ2v) is 3.08. The van der Waals surface area contributed by atoms with Crippen LogP contribution in [-0.2, 0) is 19.5 Å². The van der Waals surface area contributed by atoms with Crippen LogP contribution in [0.5, 0.6) is 0 Å². The Kier molecular flexibility index (Phi) is 1.62. The number of aryl methyl sites for hydroxylation is 1. The topological polar surface area (TPSA) is 43.8 Å². The van der Waals surface area contributed by atoms with E-state index in [1.807, 2.05) is 0 Å². The molecule has 4 heteroatoms. The molecular formula is C7H10ClN3. The van der Waals surface area contributed by atoms with E-state index in [0.717, 1.165) is 24.5 Å². The number of rotatable bonds is 1. The number of hydrogen-bond donors (Lipinski definition) is 1. The van der Waals surface area contributed by atoms with Gasteiger partial charge in [-0.25, -0.2) is 4.98 Å². The van der Waals surface area contributed by atoms with Crippen molar-refractivity contribution < 1.29 is 0 Å². The van der Waals surface area contributed by atoms with Gasteiger partial charge in [0.15, 0.2) is 5.15 Å². The number of hydrogen-bond acceptors (Lipinski definition) is 2. The number of nitrogens with zero attached hydrogens (tertiary/aromatic N) is 2. The van der Waals surface area contributed by atoms with E-state index < -0.39 is 0 Å². The molecule has 0 amide bonds. The summed E-state index contributed by atoms with van der Waals surface area (Å²) in [5.41, 5.74) is 6.51. The van der Waals surface area contributed by atoms with Gasteiger partial charge in [0.05, 0.1) is 5.69 Å². The van der Waals surface area contributed by atoms with Crippen molar-refractivity contribution >= 4 is 11.6 Å². The van der Waals surface area contributed by atoms with Crippen LogP contribution in [0.1, 0.15) is 17.9 Å². The van der Waals surface area contributed by atoms with Crippen LogP contribution in [0.4, 0.5) is 0 Å². The molecule has 11 heavy (non-hydrogen) atoms. The van der Waals surface area contributed by atoms with Gasteiger partial charge in [-0.1, -0.05) is 11.6 Å². The average molecular weight is 172 g/mol. The molecule has 0 radical (unpaired) electrons. The van der Waals surface area contributed by atoms with Crippen molar-refractivity contribution in [2.45, 2.75) is 25.9 Å². The Hall–Kier alpha value is -0.540. The van der Waals surface area contributed by atoms with Crippen LogP contribution in [0.15, 0.2) is 0 Å². The molecule has 0 aliphatic carbocycles. The monoisotopic (exact) mass is 171 g/mol. The van der Waals surface area contributed by atoms with Crippen molar-refractivity contribution in [1.82, 2.24) is 9.55 Å². The lowest BCUT2D eigenvalue weighted by molar-refractivity contribution is 0.707. The first-order valence-corrected chi connectivity index (χ1v) is 4.14. The minimum atomic E-state index is 0.492. The lowest BCUT2D eigenvalue weighted by Crippen LogP contribution is -2.05. The van der Waals surface area contributed by atoms with Gasteiger partial charge in [0.2, 0.25) is 0 Å². The zero-order valence-corrected chi connectivity index (χ0v) is 6.93. The van der Waals surface area contributed by atoms with Crippen molar-refractivity contribution in [3.05, 3.63) is 16.7 Å². The Bertz CT molecular complexity index is 279. The third-order valence-electron chi connectivity index (χ3n) is 2.08. The van der Waals surface area contributed by atoms with E-state index in [9.17, 15) is 0 Å². The molecule has 0 spiro atoms. The molecular weight excluding hydrogens is 162 g/mol. The smallest absolute Gasteiger partial charge is 0.151 e. The van der Waals surface area contributed by atoms with Gasteiger partial charge >= 0.3 is 0 Å². The van der Waals surface area contributed by atoms with E-state index in [4.69, 9.17) is 17.3 Å². The molecule has 3 nitrogen and oxygen atoms in total. The maximum atomic E-state index is 5.85. The Morgan fingerprint density at radius 1 is 1.64 bits per heavy atom. The Balaban J connectivity index is 2.52. The Morgan fingerprint density at radius 2 is 2.45 bits per heavy atom. The Morgan fingerprint density at radius 3 is 3.18 bits per heavy atom. The van der Waals surface area contributed by atoms with Crippen molar-refractivity contribution in [2.24, 2.45) is 5.73 Å². The first-order chi connectivity index (χ1) is 5.33. The predicted molar refractivity (Wildman–Crippen MR) is 43.4 cm³/mol. The van der Waals surface area contributed by atoms with Gasteiger partial charge in [0.25, 0.3) is 0 Å². The molecule has 0 fully saturated rings. The van der Waals surface area contributed by atoms with Crippen molar-refractivity contribution in [2.75, 3.05) is 0 Å². The summed E-state index contributed by atoms with van der Waals surface area (Å²) < 4.78 is 2.13. The number of aromatic nitrogens is 2. The second-order valence-electron chi connectivity index (χ2n) is 2.72. The molecule has 2 N–H and O–H groups in total. The molecule has 1 aromatic rings. The fourth-order valence-corrected chi connectivity index (χ4v) is 1.83. The van der Waals surface area contributed by atoms with Crippen LogP contribution in [0.2, 0.25) is 5.15 Å². The van der Waals surface area contributed by atoms with Gasteiger partial charge in [-0.2, -0.15) is 0 Å². The van der Waals surface area contributed by atoms with Crippen LogP contribution in [0.3, 0.4) is 0 Å². The van der Waals surface area contributed by atoms with Gasteiger partial charge in [-0.05, 0) is 6.42 Å². The normalized spacial score (nSPS) is 15.5. The first-order valence-electron chi connectivity index (χ1n) is 3.76. The average Bonchev–Trinajstić information content (AvgIpc) is 2.46. The van der Waals surface area contributed by atoms with Crippen LogP contribution < -0.4 is 5.73 Å². The maximum Gasteiger partial charge on any atom is 0.151 e. The first kappa shape index (κ1) is 7.13. The third kappa shape index (κ3) is 0.957. The Labute approximate surface area is 70.2 Å². The van der Waals surface area contributed by atoms with Crippen LogP contribution >= 0.6 is 11.6 Å². The summed E-state index contributed by atoms with van der Waals surface area (Å²) in [4.78, 5) is 4.21. The summed E-state index contributed by atoms with van der Waals surface area (Å²) in [5.74, 6) is 1.09.